The molecule has 0 spiro atoms. The van der Waals surface area contributed by atoms with E-state index in [1.807, 2.05) is 5.32 Å². The summed E-state index contributed by atoms with van der Waals surface area (Å²) < 4.78 is 37.3. The van der Waals surface area contributed by atoms with Gasteiger partial charge in [-0.2, -0.15) is 13.2 Å². The molecule has 0 aliphatic rings. The fourth-order valence-electron chi connectivity index (χ4n) is 1.14. The third-order valence-corrected chi connectivity index (χ3v) is 2.78. The quantitative estimate of drug-likeness (QED) is 0.804. The molecule has 0 saturated heterocycles. The van der Waals surface area contributed by atoms with Crippen LogP contribution in [-0.2, 0) is 4.79 Å². The van der Waals surface area contributed by atoms with Crippen molar-refractivity contribution in [3.63, 3.8) is 0 Å². The number of carbonyl (C=O) groups excluding carboxylic acids is 1. The van der Waals surface area contributed by atoms with E-state index in [-0.39, 0.29) is 27.0 Å². The maximum atomic E-state index is 12.4. The summed E-state index contributed by atoms with van der Waals surface area (Å²) in [7, 11) is 0. The number of amides is 1. The SMILES string of the molecule is N/C=C(\C(=O)Nc1c(Cl)cc(Cl)cc1Cl)C(F)(F)F. The Morgan fingerprint density at radius 1 is 1.21 bits per heavy atom. The largest absolute Gasteiger partial charge is 0.423 e. The highest BCUT2D eigenvalue weighted by atomic mass is 35.5. The summed E-state index contributed by atoms with van der Waals surface area (Å²) in [5.41, 5.74) is 3.04. The highest BCUT2D eigenvalue weighted by molar-refractivity contribution is 6.42. The van der Waals surface area contributed by atoms with E-state index in [0.29, 0.717) is 0 Å². The first-order valence-electron chi connectivity index (χ1n) is 4.61. The molecule has 1 aromatic carbocycles. The third-order valence-electron chi connectivity index (χ3n) is 1.96. The van der Waals surface area contributed by atoms with Crippen LogP contribution in [0.3, 0.4) is 0 Å². The Labute approximate surface area is 121 Å². The van der Waals surface area contributed by atoms with Crippen molar-refractivity contribution in [2.24, 2.45) is 5.73 Å². The predicted molar refractivity (Wildman–Crippen MR) is 68.4 cm³/mol. The first kappa shape index (κ1) is 15.9. The molecule has 0 fully saturated rings. The Bertz CT molecular complexity index is 520. The van der Waals surface area contributed by atoms with Crippen molar-refractivity contribution in [2.45, 2.75) is 6.18 Å². The van der Waals surface area contributed by atoms with Crippen molar-refractivity contribution in [2.75, 3.05) is 5.32 Å². The molecule has 19 heavy (non-hydrogen) atoms. The minimum atomic E-state index is -4.88. The second kappa shape index (κ2) is 5.90. The van der Waals surface area contributed by atoms with Crippen molar-refractivity contribution >= 4 is 46.4 Å². The molecule has 0 radical (unpaired) electrons. The lowest BCUT2D eigenvalue weighted by atomic mass is 10.2. The number of alkyl halides is 3. The third kappa shape index (κ3) is 3.92. The number of halogens is 6. The van der Waals surface area contributed by atoms with E-state index in [1.54, 1.807) is 0 Å². The molecule has 0 unspecified atom stereocenters. The highest BCUT2D eigenvalue weighted by Crippen LogP contribution is 2.35. The standard InChI is InChI=1S/C10H6Cl3F3N2O/c11-4-1-6(12)8(7(13)2-4)18-9(19)5(3-17)10(14,15)16/h1-3H,17H2,(H,18,19)/b5-3+. The average Bonchev–Trinajstić information content (AvgIpc) is 2.22. The number of benzene rings is 1. The van der Waals surface area contributed by atoms with E-state index in [4.69, 9.17) is 40.5 Å². The molecule has 1 amide bonds. The predicted octanol–water partition coefficient (Wildman–Crippen LogP) is 3.99. The molecule has 3 N–H and O–H groups in total. The summed E-state index contributed by atoms with van der Waals surface area (Å²) in [5, 5.41) is 1.93. The molecule has 0 atom stereocenters. The summed E-state index contributed by atoms with van der Waals surface area (Å²) in [6.45, 7) is 0. The number of hydrogen-bond donors (Lipinski definition) is 2. The summed E-state index contributed by atoms with van der Waals surface area (Å²) in [5.74, 6) is -1.47. The first-order chi connectivity index (χ1) is 8.66. The van der Waals surface area contributed by atoms with Gasteiger partial charge in [0.1, 0.15) is 5.57 Å². The molecule has 1 aromatic rings. The molecule has 9 heteroatoms. The van der Waals surface area contributed by atoms with Crippen LogP contribution in [0.2, 0.25) is 15.1 Å². The van der Waals surface area contributed by atoms with Gasteiger partial charge in [0.2, 0.25) is 0 Å². The Balaban J connectivity index is 3.08. The summed E-state index contributed by atoms with van der Waals surface area (Å²) in [6.07, 6.45) is -4.72. The Morgan fingerprint density at radius 3 is 2.05 bits per heavy atom. The maximum Gasteiger partial charge on any atom is 0.423 e. The average molecular weight is 334 g/mol. The highest BCUT2D eigenvalue weighted by Gasteiger charge is 2.38. The molecule has 3 nitrogen and oxygen atoms in total. The van der Waals surface area contributed by atoms with Crippen LogP contribution in [0, 0.1) is 0 Å². The summed E-state index contributed by atoms with van der Waals surface area (Å²) in [6, 6.07) is 2.45. The lowest BCUT2D eigenvalue weighted by molar-refractivity contribution is -0.126. The molecule has 104 valence electrons. The number of nitrogens with two attached hydrogens (primary N) is 1. The molecule has 1 rings (SSSR count). The van der Waals surface area contributed by atoms with Crippen molar-refractivity contribution in [3.8, 4) is 0 Å². The minimum Gasteiger partial charge on any atom is -0.404 e. The fourth-order valence-corrected chi connectivity index (χ4v) is 2.05. The van der Waals surface area contributed by atoms with Gasteiger partial charge < -0.3 is 11.1 Å². The number of hydrogen-bond acceptors (Lipinski definition) is 2. The first-order valence-corrected chi connectivity index (χ1v) is 5.75. The summed E-state index contributed by atoms with van der Waals surface area (Å²) >= 11 is 17.1. The van der Waals surface area contributed by atoms with Crippen molar-refractivity contribution in [3.05, 3.63) is 39.0 Å². The van der Waals surface area contributed by atoms with Gasteiger partial charge >= 0.3 is 6.18 Å². The Morgan fingerprint density at radius 2 is 1.68 bits per heavy atom. The van der Waals surface area contributed by atoms with E-state index >= 15 is 0 Å². The molecule has 0 bridgehead atoms. The van der Waals surface area contributed by atoms with Crippen LogP contribution >= 0.6 is 34.8 Å². The Hall–Kier alpha value is -1.11. The second-order valence-corrected chi connectivity index (χ2v) is 4.53. The van der Waals surface area contributed by atoms with Crippen LogP contribution in [0.4, 0.5) is 18.9 Å². The molecular weight excluding hydrogens is 327 g/mol. The van der Waals surface area contributed by atoms with Gasteiger partial charge in [-0.3, -0.25) is 4.79 Å². The van der Waals surface area contributed by atoms with Crippen LogP contribution in [0.1, 0.15) is 0 Å². The maximum absolute atomic E-state index is 12.4. The van der Waals surface area contributed by atoms with Gasteiger partial charge in [0.15, 0.2) is 0 Å². The lowest BCUT2D eigenvalue weighted by Gasteiger charge is -2.13. The van der Waals surface area contributed by atoms with Crippen molar-refractivity contribution < 1.29 is 18.0 Å². The van der Waals surface area contributed by atoms with Gasteiger partial charge in [0.05, 0.1) is 15.7 Å². The zero-order valence-corrected chi connectivity index (χ0v) is 11.3. The summed E-state index contributed by atoms with van der Waals surface area (Å²) in [4.78, 5) is 11.5. The van der Waals surface area contributed by atoms with Gasteiger partial charge in [-0.15, -0.1) is 0 Å². The molecule has 0 aliphatic carbocycles. The topological polar surface area (TPSA) is 55.1 Å². The normalized spacial score (nSPS) is 12.4. The Kier molecular flexibility index (Phi) is 4.95. The number of anilines is 1. The van der Waals surface area contributed by atoms with E-state index in [9.17, 15) is 18.0 Å². The second-order valence-electron chi connectivity index (χ2n) is 3.28. The molecule has 0 aromatic heterocycles. The van der Waals surface area contributed by atoms with E-state index in [2.05, 4.69) is 0 Å². The fraction of sp³-hybridized carbons (Fsp3) is 0.100. The zero-order chi connectivity index (χ0) is 14.8. The van der Waals surface area contributed by atoms with E-state index in [1.165, 1.54) is 12.1 Å². The molecule has 0 heterocycles. The number of carbonyl (C=O) groups is 1. The van der Waals surface area contributed by atoms with E-state index in [0.717, 1.165) is 0 Å². The van der Waals surface area contributed by atoms with Gasteiger partial charge in [-0.05, 0) is 12.1 Å². The smallest absolute Gasteiger partial charge is 0.404 e. The monoisotopic (exact) mass is 332 g/mol. The minimum absolute atomic E-state index is 0.0932. The molecular formula is C10H6Cl3F3N2O. The van der Waals surface area contributed by atoms with Crippen molar-refractivity contribution in [1.82, 2.24) is 0 Å². The van der Waals surface area contributed by atoms with Gasteiger partial charge in [-0.1, -0.05) is 34.8 Å². The van der Waals surface area contributed by atoms with Crippen LogP contribution in [0.5, 0.6) is 0 Å². The zero-order valence-electron chi connectivity index (χ0n) is 8.99. The van der Waals surface area contributed by atoms with Gasteiger partial charge in [0.25, 0.3) is 5.91 Å². The van der Waals surface area contributed by atoms with Crippen LogP contribution in [0.25, 0.3) is 0 Å². The lowest BCUT2D eigenvalue weighted by Crippen LogP contribution is -2.27. The van der Waals surface area contributed by atoms with Gasteiger partial charge in [0, 0.05) is 11.2 Å². The van der Waals surface area contributed by atoms with Crippen LogP contribution in [-0.4, -0.2) is 12.1 Å². The van der Waals surface area contributed by atoms with Crippen molar-refractivity contribution in [1.29, 1.82) is 0 Å². The van der Waals surface area contributed by atoms with Crippen LogP contribution in [0.15, 0.2) is 23.9 Å². The number of nitrogens with one attached hydrogen (secondary N) is 1. The molecule has 0 aliphatic heterocycles. The molecule has 0 saturated carbocycles. The number of rotatable bonds is 2. The van der Waals surface area contributed by atoms with Crippen LogP contribution < -0.4 is 11.1 Å². The van der Waals surface area contributed by atoms with E-state index < -0.39 is 17.7 Å². The van der Waals surface area contributed by atoms with Gasteiger partial charge in [-0.25, -0.2) is 0 Å².